The van der Waals surface area contributed by atoms with Crippen molar-refractivity contribution in [2.45, 2.75) is 71.2 Å². The molecule has 10 heteroatoms. The Balaban J connectivity index is 2.16. The monoisotopic (exact) mass is 522 g/mol. The van der Waals surface area contributed by atoms with Crippen molar-refractivity contribution in [3.8, 4) is 0 Å². The predicted molar refractivity (Wildman–Crippen MR) is 126 cm³/mol. The molecular weight excluding hydrogens is 492 g/mol. The minimum Gasteiger partial charge on any atom is -0.442 e. The molecule has 9 nitrogen and oxygen atoms in total. The summed E-state index contributed by atoms with van der Waals surface area (Å²) in [6.07, 6.45) is 1.14. The van der Waals surface area contributed by atoms with Crippen molar-refractivity contribution in [1.82, 2.24) is 14.9 Å². The minimum absolute atomic E-state index is 0.407. The van der Waals surface area contributed by atoms with Crippen molar-refractivity contribution in [3.05, 3.63) is 34.3 Å². The van der Waals surface area contributed by atoms with Crippen molar-refractivity contribution in [1.29, 1.82) is 0 Å². The summed E-state index contributed by atoms with van der Waals surface area (Å²) in [5.41, 5.74) is -3.12. The molecule has 0 spiro atoms. The van der Waals surface area contributed by atoms with Crippen molar-refractivity contribution < 1.29 is 23.9 Å². The minimum atomic E-state index is -1.84. The van der Waals surface area contributed by atoms with Crippen LogP contribution >= 0.6 is 15.9 Å². The molecule has 33 heavy (non-hydrogen) atoms. The number of carbonyl (C=O) groups is 3. The second kappa shape index (κ2) is 8.96. The van der Waals surface area contributed by atoms with E-state index in [1.54, 1.807) is 70.7 Å². The van der Waals surface area contributed by atoms with Crippen LogP contribution in [0.3, 0.4) is 0 Å². The molecule has 1 unspecified atom stereocenters. The average Bonchev–Trinajstić information content (AvgIpc) is 3.34. The molecule has 0 saturated carbocycles. The number of aliphatic imine (C=N–C) groups is 1. The lowest BCUT2D eigenvalue weighted by molar-refractivity contribution is -0.149. The largest absolute Gasteiger partial charge is 0.442 e. The van der Waals surface area contributed by atoms with E-state index in [1.165, 1.54) is 0 Å². The Morgan fingerprint density at radius 3 is 1.94 bits per heavy atom. The van der Waals surface area contributed by atoms with E-state index in [-0.39, 0.29) is 0 Å². The normalized spacial score (nSPS) is 20.9. The number of hydrogen-bond acceptors (Lipinski definition) is 6. The Morgan fingerprint density at radius 2 is 1.42 bits per heavy atom. The van der Waals surface area contributed by atoms with Crippen LogP contribution in [0.5, 0.6) is 0 Å². The second-order valence-electron chi connectivity index (χ2n) is 10.0. The standard InChI is InChI=1S/C23H31BrN4O5/c1-21(2,3)32-19(30)27-15-25-23(16-9-11-17(24)12-10-16,18(29)26-13-7-8-14-26)28(27)20(31)33-22(4,5)6/h9-12,15H,7-8,13-14H2,1-6H3. The summed E-state index contributed by atoms with van der Waals surface area (Å²) in [5.74, 6) is -0.407. The van der Waals surface area contributed by atoms with Crippen LogP contribution in [-0.2, 0) is 19.9 Å². The first-order chi connectivity index (χ1) is 15.2. The van der Waals surface area contributed by atoms with Gasteiger partial charge >= 0.3 is 12.2 Å². The summed E-state index contributed by atoms with van der Waals surface area (Å²) in [6, 6.07) is 6.91. The van der Waals surface area contributed by atoms with Gasteiger partial charge in [0.2, 0.25) is 0 Å². The quantitative estimate of drug-likeness (QED) is 0.563. The number of hydrazine groups is 1. The summed E-state index contributed by atoms with van der Waals surface area (Å²) < 4.78 is 11.9. The van der Waals surface area contributed by atoms with Gasteiger partial charge in [0.05, 0.1) is 0 Å². The van der Waals surface area contributed by atoms with Crippen LogP contribution in [0.25, 0.3) is 0 Å². The maximum atomic E-state index is 14.0. The molecule has 1 fully saturated rings. The van der Waals surface area contributed by atoms with Crippen LogP contribution in [0.15, 0.2) is 33.7 Å². The summed E-state index contributed by atoms with van der Waals surface area (Å²) >= 11 is 3.40. The Labute approximate surface area is 202 Å². The first-order valence-electron chi connectivity index (χ1n) is 10.9. The summed E-state index contributed by atoms with van der Waals surface area (Å²) in [5, 5.41) is 1.89. The molecule has 1 atom stereocenters. The third-order valence-corrected chi connectivity index (χ3v) is 5.49. The Kier molecular flexibility index (Phi) is 6.79. The fourth-order valence-corrected chi connectivity index (χ4v) is 3.92. The van der Waals surface area contributed by atoms with Crippen molar-refractivity contribution in [2.75, 3.05) is 13.1 Å². The van der Waals surface area contributed by atoms with E-state index in [0.29, 0.717) is 18.7 Å². The van der Waals surface area contributed by atoms with Gasteiger partial charge in [-0.3, -0.25) is 4.79 Å². The van der Waals surface area contributed by atoms with E-state index >= 15 is 0 Å². The highest BCUT2D eigenvalue weighted by atomic mass is 79.9. The average molecular weight is 523 g/mol. The topological polar surface area (TPSA) is 91.8 Å². The SMILES string of the molecule is CC(C)(C)OC(=O)N1C=NC(C(=O)N2CCCC2)(c2ccc(Br)cc2)N1C(=O)OC(C)(C)C. The third-order valence-electron chi connectivity index (χ3n) is 4.96. The molecule has 0 radical (unpaired) electrons. The molecule has 0 N–H and O–H groups in total. The zero-order chi connectivity index (χ0) is 24.6. The number of hydrogen-bond donors (Lipinski definition) is 0. The Hall–Kier alpha value is -2.62. The molecule has 2 aliphatic rings. The van der Waals surface area contributed by atoms with E-state index in [4.69, 9.17) is 9.47 Å². The lowest BCUT2D eigenvalue weighted by atomic mass is 9.97. The molecule has 1 saturated heterocycles. The maximum absolute atomic E-state index is 14.0. The first kappa shape index (κ1) is 25.0. The number of benzene rings is 1. The molecule has 180 valence electrons. The number of nitrogens with zero attached hydrogens (tertiary/aromatic N) is 4. The van der Waals surface area contributed by atoms with Gasteiger partial charge in [-0.25, -0.2) is 14.6 Å². The molecule has 0 bridgehead atoms. The highest BCUT2D eigenvalue weighted by molar-refractivity contribution is 9.10. The maximum Gasteiger partial charge on any atom is 0.435 e. The van der Waals surface area contributed by atoms with E-state index < -0.39 is 35.0 Å². The lowest BCUT2D eigenvalue weighted by Crippen LogP contribution is -2.61. The van der Waals surface area contributed by atoms with Crippen molar-refractivity contribution in [3.63, 3.8) is 0 Å². The number of carbonyl (C=O) groups excluding carboxylic acids is 3. The fraction of sp³-hybridized carbons (Fsp3) is 0.565. The Bertz CT molecular complexity index is 945. The first-order valence-corrected chi connectivity index (χ1v) is 11.7. The van der Waals surface area contributed by atoms with E-state index in [1.807, 2.05) is 0 Å². The van der Waals surface area contributed by atoms with Gasteiger partial charge in [0.25, 0.3) is 11.6 Å². The number of ether oxygens (including phenoxy) is 2. The van der Waals surface area contributed by atoms with Gasteiger partial charge in [0.1, 0.15) is 17.5 Å². The molecule has 1 aromatic rings. The van der Waals surface area contributed by atoms with Gasteiger partial charge in [-0.15, -0.1) is 0 Å². The van der Waals surface area contributed by atoms with Gasteiger partial charge in [0.15, 0.2) is 0 Å². The van der Waals surface area contributed by atoms with E-state index in [0.717, 1.165) is 33.7 Å². The molecule has 2 heterocycles. The number of rotatable bonds is 2. The zero-order valence-electron chi connectivity index (χ0n) is 19.9. The van der Waals surface area contributed by atoms with Crippen LogP contribution in [0, 0.1) is 0 Å². The molecule has 3 rings (SSSR count). The molecule has 0 aromatic heterocycles. The van der Waals surface area contributed by atoms with Crippen LogP contribution in [0.4, 0.5) is 9.59 Å². The molecule has 2 aliphatic heterocycles. The Morgan fingerprint density at radius 1 is 0.909 bits per heavy atom. The highest BCUT2D eigenvalue weighted by Crippen LogP contribution is 2.40. The molecule has 1 aromatic carbocycles. The molecule has 3 amide bonds. The van der Waals surface area contributed by atoms with Gasteiger partial charge in [-0.2, -0.15) is 10.0 Å². The lowest BCUT2D eigenvalue weighted by Gasteiger charge is -2.40. The summed E-state index contributed by atoms with van der Waals surface area (Å²) in [4.78, 5) is 46.7. The third kappa shape index (κ3) is 5.31. The number of halogens is 1. The van der Waals surface area contributed by atoms with Gasteiger partial charge in [0, 0.05) is 23.1 Å². The van der Waals surface area contributed by atoms with E-state index in [9.17, 15) is 14.4 Å². The molecule has 0 aliphatic carbocycles. The summed E-state index contributed by atoms with van der Waals surface area (Å²) in [7, 11) is 0. The van der Waals surface area contributed by atoms with Crippen LogP contribution < -0.4 is 0 Å². The van der Waals surface area contributed by atoms with Crippen molar-refractivity contribution >= 4 is 40.4 Å². The smallest absolute Gasteiger partial charge is 0.435 e. The zero-order valence-corrected chi connectivity index (χ0v) is 21.5. The van der Waals surface area contributed by atoms with Crippen LogP contribution in [0.1, 0.15) is 59.9 Å². The van der Waals surface area contributed by atoms with Crippen molar-refractivity contribution in [2.24, 2.45) is 4.99 Å². The second-order valence-corrected chi connectivity index (χ2v) is 11.0. The van der Waals surface area contributed by atoms with E-state index in [2.05, 4.69) is 20.9 Å². The number of amides is 3. The van der Waals surface area contributed by atoms with Crippen LogP contribution in [-0.4, -0.2) is 63.6 Å². The highest BCUT2D eigenvalue weighted by Gasteiger charge is 2.58. The van der Waals surface area contributed by atoms with Crippen LogP contribution in [0.2, 0.25) is 0 Å². The van der Waals surface area contributed by atoms with Gasteiger partial charge in [-0.05, 0) is 66.5 Å². The predicted octanol–water partition coefficient (Wildman–Crippen LogP) is 4.66. The van der Waals surface area contributed by atoms with Gasteiger partial charge in [-0.1, -0.05) is 28.1 Å². The summed E-state index contributed by atoms with van der Waals surface area (Å²) in [6.45, 7) is 11.4. The fourth-order valence-electron chi connectivity index (χ4n) is 3.65. The molecular formula is C23H31BrN4O5. The van der Waals surface area contributed by atoms with Gasteiger partial charge < -0.3 is 14.4 Å². The number of likely N-dealkylation sites (tertiary alicyclic amines) is 1.